The summed E-state index contributed by atoms with van der Waals surface area (Å²) in [4.78, 5) is 15.4. The lowest BCUT2D eigenvalue weighted by Crippen LogP contribution is -2.16. The fourth-order valence-corrected chi connectivity index (χ4v) is 13.9. The molecule has 4 heterocycles. The average Bonchev–Trinajstić information content (AvgIpc) is 1.77. The van der Waals surface area contributed by atoms with Crippen LogP contribution in [0, 0.1) is 0 Å². The van der Waals surface area contributed by atoms with Crippen LogP contribution in [0.15, 0.2) is 291 Å². The number of pyridine rings is 2. The first-order chi connectivity index (χ1) is 42.2. The van der Waals surface area contributed by atoms with Crippen LogP contribution in [0.25, 0.3) is 89.7 Å². The maximum atomic E-state index is 5.29. The Balaban J connectivity index is 0.793. The van der Waals surface area contributed by atoms with Crippen LogP contribution >= 0.6 is 0 Å². The molecule has 0 amide bonds. The summed E-state index contributed by atoms with van der Waals surface area (Å²) in [7, 11) is 0. The van der Waals surface area contributed by atoms with E-state index in [0.717, 1.165) is 102 Å². The topological polar surface area (TPSA) is 41.1 Å². The molecular weight excluding hydrogens is 1040 g/mol. The Morgan fingerprint density at radius 2 is 0.616 bits per heavy atom. The van der Waals surface area contributed by atoms with Gasteiger partial charge in [0.15, 0.2) is 0 Å². The minimum Gasteiger partial charge on any atom is -0.310 e. The molecule has 0 bridgehead atoms. The lowest BCUT2D eigenvalue weighted by Gasteiger charge is -2.29. The van der Waals surface area contributed by atoms with E-state index in [1.165, 1.54) is 44.5 Å². The van der Waals surface area contributed by atoms with Gasteiger partial charge in [0.1, 0.15) is 11.3 Å². The number of hydrogen-bond donors (Lipinski definition) is 0. The highest BCUT2D eigenvalue weighted by Gasteiger charge is 2.37. The Morgan fingerprint density at radius 1 is 0.267 bits per heavy atom. The van der Waals surface area contributed by atoms with Crippen molar-refractivity contribution in [2.45, 2.75) is 38.5 Å². The molecule has 2 aliphatic rings. The van der Waals surface area contributed by atoms with E-state index in [4.69, 9.17) is 9.97 Å². The molecule has 0 fully saturated rings. The SMILES string of the molecule is CC1(C)c2ccccc2-c2ccc(N(c3ccc(-c4ccc(N(c5cccc(-c6nc7ccccn7c6-c6ccccc6)c5)c5ccc6c(c5)C(C)(C)c5ccccc5-6)cc4)cc3)c3cccc(-c4nc5ccccn5c4-c4ccccc4)c3)cc21. The standard InChI is InChI=1S/C80H60N6/c1-79(2)69-31-13-11-29-65(69)67-45-43-63(51-71(67)79)85(61-27-19-25-57(49-61)75-77(55-21-7-5-8-22-55)83-47-17-15-33-73(83)81-75)59-39-35-53(36-40-59)54-37-41-60(42-38-54)86(64-44-46-68-66-30-12-14-32-70(66)80(3,4)72(68)52-64)62-28-20-26-58(50-62)76-78(56-23-9-6-10-24-56)84-48-18-16-34-74(84)82-76/h5-52H,1-4H3. The molecule has 2 aliphatic carbocycles. The number of fused-ring (bicyclic) bond motifs is 8. The van der Waals surface area contributed by atoms with E-state index in [2.05, 4.69) is 338 Å². The Labute approximate surface area is 501 Å². The molecule has 0 atom stereocenters. The molecule has 0 saturated heterocycles. The Kier molecular flexibility index (Phi) is 11.8. The van der Waals surface area contributed by atoms with Gasteiger partial charge in [-0.3, -0.25) is 8.80 Å². The zero-order valence-electron chi connectivity index (χ0n) is 48.4. The molecule has 14 aromatic rings. The van der Waals surface area contributed by atoms with Crippen molar-refractivity contribution in [2.75, 3.05) is 9.80 Å². The fraction of sp³-hybridized carbons (Fsp3) is 0.0750. The maximum Gasteiger partial charge on any atom is 0.137 e. The predicted molar refractivity (Wildman–Crippen MR) is 356 cm³/mol. The summed E-state index contributed by atoms with van der Waals surface area (Å²) < 4.78 is 4.41. The van der Waals surface area contributed by atoms with Crippen molar-refractivity contribution in [1.29, 1.82) is 0 Å². The van der Waals surface area contributed by atoms with Gasteiger partial charge in [0.25, 0.3) is 0 Å². The number of benzene rings is 10. The first kappa shape index (κ1) is 50.9. The van der Waals surface area contributed by atoms with Crippen LogP contribution in [-0.2, 0) is 10.8 Å². The molecule has 0 aliphatic heterocycles. The summed E-state index contributed by atoms with van der Waals surface area (Å²) in [5.41, 5.74) is 29.0. The lowest BCUT2D eigenvalue weighted by atomic mass is 9.82. The summed E-state index contributed by atoms with van der Waals surface area (Å²) in [6.07, 6.45) is 4.22. The minimum atomic E-state index is -0.172. The van der Waals surface area contributed by atoms with Gasteiger partial charge in [0.2, 0.25) is 0 Å². The van der Waals surface area contributed by atoms with E-state index in [9.17, 15) is 0 Å². The molecule has 4 aromatic heterocycles. The van der Waals surface area contributed by atoms with Gasteiger partial charge in [-0.25, -0.2) is 9.97 Å². The summed E-state index contributed by atoms with van der Waals surface area (Å²) in [6.45, 7) is 9.42. The summed E-state index contributed by atoms with van der Waals surface area (Å²) in [6, 6.07) is 101. The number of imidazole rings is 2. The van der Waals surface area contributed by atoms with Crippen LogP contribution < -0.4 is 9.80 Å². The molecule has 16 rings (SSSR count). The second-order valence-electron chi connectivity index (χ2n) is 23.9. The van der Waals surface area contributed by atoms with Crippen molar-refractivity contribution >= 4 is 45.4 Å². The third kappa shape index (κ3) is 8.23. The molecule has 0 unspecified atom stereocenters. The number of anilines is 6. The van der Waals surface area contributed by atoms with Crippen LogP contribution in [0.1, 0.15) is 49.9 Å². The van der Waals surface area contributed by atoms with Crippen molar-refractivity contribution in [3.05, 3.63) is 314 Å². The second-order valence-corrected chi connectivity index (χ2v) is 23.9. The fourth-order valence-electron chi connectivity index (χ4n) is 13.9. The Morgan fingerprint density at radius 3 is 1.05 bits per heavy atom. The lowest BCUT2D eigenvalue weighted by molar-refractivity contribution is 0.660. The van der Waals surface area contributed by atoms with E-state index in [1.54, 1.807) is 0 Å². The normalized spacial score (nSPS) is 13.3. The van der Waals surface area contributed by atoms with Crippen LogP contribution in [-0.4, -0.2) is 18.8 Å². The summed E-state index contributed by atoms with van der Waals surface area (Å²) >= 11 is 0. The molecule has 6 nitrogen and oxygen atoms in total. The van der Waals surface area contributed by atoms with Crippen molar-refractivity contribution in [2.24, 2.45) is 0 Å². The van der Waals surface area contributed by atoms with Gasteiger partial charge in [0.05, 0.1) is 22.8 Å². The molecule has 0 radical (unpaired) electrons. The zero-order chi connectivity index (χ0) is 57.7. The molecule has 10 aromatic carbocycles. The van der Waals surface area contributed by atoms with Crippen LogP contribution in [0.5, 0.6) is 0 Å². The molecule has 0 N–H and O–H groups in total. The first-order valence-electron chi connectivity index (χ1n) is 29.7. The van der Waals surface area contributed by atoms with E-state index in [-0.39, 0.29) is 10.8 Å². The van der Waals surface area contributed by atoms with Crippen LogP contribution in [0.2, 0.25) is 0 Å². The van der Waals surface area contributed by atoms with Crippen LogP contribution in [0.4, 0.5) is 34.1 Å². The number of rotatable bonds is 11. The monoisotopic (exact) mass is 1100 g/mol. The zero-order valence-corrected chi connectivity index (χ0v) is 48.4. The van der Waals surface area contributed by atoms with Crippen molar-refractivity contribution in [3.8, 4) is 78.4 Å². The molecule has 86 heavy (non-hydrogen) atoms. The van der Waals surface area contributed by atoms with Crippen molar-refractivity contribution in [3.63, 3.8) is 0 Å². The van der Waals surface area contributed by atoms with E-state index < -0.39 is 0 Å². The molecule has 6 heteroatoms. The van der Waals surface area contributed by atoms with Crippen molar-refractivity contribution < 1.29 is 0 Å². The Bertz CT molecular complexity index is 4620. The predicted octanol–water partition coefficient (Wildman–Crippen LogP) is 20.9. The maximum absolute atomic E-state index is 5.29. The quantitative estimate of drug-likeness (QED) is 0.129. The number of hydrogen-bond acceptors (Lipinski definition) is 4. The summed E-state index contributed by atoms with van der Waals surface area (Å²) in [5.74, 6) is 0. The van der Waals surface area contributed by atoms with Crippen LogP contribution in [0.3, 0.4) is 0 Å². The highest BCUT2D eigenvalue weighted by atomic mass is 15.2. The number of nitrogens with zero attached hydrogens (tertiary/aromatic N) is 6. The van der Waals surface area contributed by atoms with Gasteiger partial charge >= 0.3 is 0 Å². The average molecular weight is 1110 g/mol. The summed E-state index contributed by atoms with van der Waals surface area (Å²) in [5, 5.41) is 0. The van der Waals surface area contributed by atoms with Gasteiger partial charge in [-0.1, -0.05) is 210 Å². The second kappa shape index (κ2) is 19.9. The van der Waals surface area contributed by atoms with Gasteiger partial charge in [-0.15, -0.1) is 0 Å². The van der Waals surface area contributed by atoms with Crippen molar-refractivity contribution in [1.82, 2.24) is 18.8 Å². The minimum absolute atomic E-state index is 0.172. The van der Waals surface area contributed by atoms with E-state index in [1.807, 2.05) is 0 Å². The van der Waals surface area contributed by atoms with Gasteiger partial charge in [-0.05, 0) is 153 Å². The van der Waals surface area contributed by atoms with E-state index in [0.29, 0.717) is 0 Å². The number of aromatic nitrogens is 4. The third-order valence-electron chi connectivity index (χ3n) is 18.1. The Hall–Kier alpha value is -10.8. The van der Waals surface area contributed by atoms with Gasteiger partial charge in [0, 0.05) is 79.6 Å². The highest BCUT2D eigenvalue weighted by Crippen LogP contribution is 2.53. The third-order valence-corrected chi connectivity index (χ3v) is 18.1. The smallest absolute Gasteiger partial charge is 0.137 e. The molecule has 410 valence electrons. The van der Waals surface area contributed by atoms with Gasteiger partial charge in [-0.2, -0.15) is 0 Å². The molecule has 0 spiro atoms. The first-order valence-corrected chi connectivity index (χ1v) is 29.7. The van der Waals surface area contributed by atoms with E-state index >= 15 is 0 Å². The molecular formula is C80H60N6. The largest absolute Gasteiger partial charge is 0.310 e. The highest BCUT2D eigenvalue weighted by molar-refractivity contribution is 5.91. The molecule has 0 saturated carbocycles. The van der Waals surface area contributed by atoms with Gasteiger partial charge < -0.3 is 9.80 Å².